The summed E-state index contributed by atoms with van der Waals surface area (Å²) in [6, 6.07) is 12.7. The van der Waals surface area contributed by atoms with Gasteiger partial charge < -0.3 is 9.84 Å². The van der Waals surface area contributed by atoms with Crippen LogP contribution in [-0.2, 0) is 6.61 Å². The standard InChI is InChI=1S/C16H12N2O3/c19-16(20)15-11(4-2-9-18-15)10-21-14-7-1-6-13-12(14)5-3-8-17-13/h1-9H,10H2,(H,19,20). The predicted molar refractivity (Wildman–Crippen MR) is 77.3 cm³/mol. The summed E-state index contributed by atoms with van der Waals surface area (Å²) in [4.78, 5) is 19.2. The van der Waals surface area contributed by atoms with Crippen LogP contribution in [0.4, 0.5) is 0 Å². The van der Waals surface area contributed by atoms with Gasteiger partial charge in [-0.05, 0) is 30.3 Å². The van der Waals surface area contributed by atoms with Crippen LogP contribution in [0, 0.1) is 0 Å². The van der Waals surface area contributed by atoms with Gasteiger partial charge in [-0.3, -0.25) is 4.98 Å². The van der Waals surface area contributed by atoms with Crippen LogP contribution in [0.2, 0.25) is 0 Å². The molecule has 0 atom stereocenters. The largest absolute Gasteiger partial charge is 0.488 e. The van der Waals surface area contributed by atoms with Crippen LogP contribution in [0.3, 0.4) is 0 Å². The van der Waals surface area contributed by atoms with E-state index in [0.717, 1.165) is 10.9 Å². The van der Waals surface area contributed by atoms with Crippen molar-refractivity contribution >= 4 is 16.9 Å². The molecule has 0 saturated heterocycles. The van der Waals surface area contributed by atoms with Crippen LogP contribution in [-0.4, -0.2) is 21.0 Å². The lowest BCUT2D eigenvalue weighted by Gasteiger charge is -2.10. The van der Waals surface area contributed by atoms with Crippen LogP contribution in [0.1, 0.15) is 16.1 Å². The number of hydrogen-bond donors (Lipinski definition) is 1. The number of pyridine rings is 2. The van der Waals surface area contributed by atoms with E-state index in [9.17, 15) is 4.79 Å². The molecule has 0 unspecified atom stereocenters. The molecule has 0 amide bonds. The number of aromatic carboxylic acids is 1. The molecule has 0 saturated carbocycles. The lowest BCUT2D eigenvalue weighted by Crippen LogP contribution is -2.08. The van der Waals surface area contributed by atoms with E-state index in [1.165, 1.54) is 6.20 Å². The van der Waals surface area contributed by atoms with Gasteiger partial charge in [-0.25, -0.2) is 9.78 Å². The van der Waals surface area contributed by atoms with Gasteiger partial charge in [-0.2, -0.15) is 0 Å². The highest BCUT2D eigenvalue weighted by Gasteiger charge is 2.12. The molecule has 0 aliphatic rings. The number of carboxylic acids is 1. The van der Waals surface area contributed by atoms with E-state index < -0.39 is 5.97 Å². The van der Waals surface area contributed by atoms with Crippen LogP contribution in [0.25, 0.3) is 10.9 Å². The molecular weight excluding hydrogens is 268 g/mol. The Morgan fingerprint density at radius 1 is 1.05 bits per heavy atom. The predicted octanol–water partition coefficient (Wildman–Crippen LogP) is 2.91. The Labute approximate surface area is 120 Å². The van der Waals surface area contributed by atoms with E-state index in [2.05, 4.69) is 9.97 Å². The van der Waals surface area contributed by atoms with Gasteiger partial charge >= 0.3 is 5.97 Å². The first-order chi connectivity index (χ1) is 10.3. The van der Waals surface area contributed by atoms with Gasteiger partial charge in [0.25, 0.3) is 0 Å². The Kier molecular flexibility index (Phi) is 3.47. The maximum atomic E-state index is 11.1. The van der Waals surface area contributed by atoms with Gasteiger partial charge in [0.2, 0.25) is 0 Å². The van der Waals surface area contributed by atoms with Crippen molar-refractivity contribution in [2.75, 3.05) is 0 Å². The first-order valence-corrected chi connectivity index (χ1v) is 6.39. The fourth-order valence-corrected chi connectivity index (χ4v) is 2.10. The molecule has 0 radical (unpaired) electrons. The number of aromatic nitrogens is 2. The number of carboxylic acid groups (broad SMARTS) is 1. The third kappa shape index (κ3) is 2.67. The van der Waals surface area contributed by atoms with Gasteiger partial charge in [0.1, 0.15) is 12.4 Å². The molecule has 2 heterocycles. The zero-order chi connectivity index (χ0) is 14.7. The molecule has 5 heteroatoms. The minimum absolute atomic E-state index is 0.0101. The molecule has 2 aromatic heterocycles. The fraction of sp³-hybridized carbons (Fsp3) is 0.0625. The molecule has 0 fully saturated rings. The van der Waals surface area contributed by atoms with E-state index in [1.54, 1.807) is 18.3 Å². The van der Waals surface area contributed by atoms with E-state index in [4.69, 9.17) is 9.84 Å². The molecule has 3 rings (SSSR count). The summed E-state index contributed by atoms with van der Waals surface area (Å²) in [5, 5.41) is 10.00. The first-order valence-electron chi connectivity index (χ1n) is 6.39. The van der Waals surface area contributed by atoms with Crippen LogP contribution < -0.4 is 4.74 Å². The Bertz CT molecular complexity index is 797. The average molecular weight is 280 g/mol. The fourth-order valence-electron chi connectivity index (χ4n) is 2.10. The number of ether oxygens (including phenoxy) is 1. The monoisotopic (exact) mass is 280 g/mol. The number of benzene rings is 1. The second-order valence-corrected chi connectivity index (χ2v) is 4.43. The number of hydrogen-bond acceptors (Lipinski definition) is 4. The minimum Gasteiger partial charge on any atom is -0.488 e. The van der Waals surface area contributed by atoms with E-state index >= 15 is 0 Å². The molecule has 1 aromatic carbocycles. The molecule has 104 valence electrons. The highest BCUT2D eigenvalue weighted by atomic mass is 16.5. The highest BCUT2D eigenvalue weighted by molar-refractivity contribution is 5.87. The summed E-state index contributed by atoms with van der Waals surface area (Å²) in [7, 11) is 0. The third-order valence-electron chi connectivity index (χ3n) is 3.08. The van der Waals surface area contributed by atoms with Gasteiger partial charge in [-0.15, -0.1) is 0 Å². The molecule has 5 nitrogen and oxygen atoms in total. The van der Waals surface area contributed by atoms with Gasteiger partial charge in [0.05, 0.1) is 5.52 Å². The summed E-state index contributed by atoms with van der Waals surface area (Å²) in [5.74, 6) is -0.394. The summed E-state index contributed by atoms with van der Waals surface area (Å²) < 4.78 is 5.75. The van der Waals surface area contributed by atoms with Crippen molar-refractivity contribution in [3.05, 3.63) is 66.1 Å². The average Bonchev–Trinajstić information content (AvgIpc) is 2.53. The third-order valence-corrected chi connectivity index (χ3v) is 3.08. The summed E-state index contributed by atoms with van der Waals surface area (Å²) in [6.07, 6.45) is 3.17. The van der Waals surface area contributed by atoms with Crippen LogP contribution in [0.15, 0.2) is 54.9 Å². The topological polar surface area (TPSA) is 72.3 Å². The van der Waals surface area contributed by atoms with Gasteiger partial charge in [-0.1, -0.05) is 12.1 Å². The summed E-state index contributed by atoms with van der Waals surface area (Å²) >= 11 is 0. The molecule has 0 aliphatic heterocycles. The van der Waals surface area contributed by atoms with Gasteiger partial charge in [0.15, 0.2) is 5.69 Å². The maximum Gasteiger partial charge on any atom is 0.354 e. The van der Waals surface area contributed by atoms with Crippen molar-refractivity contribution in [1.82, 2.24) is 9.97 Å². The normalized spacial score (nSPS) is 10.5. The molecule has 0 aliphatic carbocycles. The lowest BCUT2D eigenvalue weighted by molar-refractivity contribution is 0.0687. The number of carbonyl (C=O) groups is 1. The second kappa shape index (κ2) is 5.58. The van der Waals surface area contributed by atoms with Crippen molar-refractivity contribution in [3.63, 3.8) is 0 Å². The Balaban J connectivity index is 1.89. The molecule has 21 heavy (non-hydrogen) atoms. The van der Waals surface area contributed by atoms with Crippen molar-refractivity contribution in [2.45, 2.75) is 6.61 Å². The number of fused-ring (bicyclic) bond motifs is 1. The van der Waals surface area contributed by atoms with Crippen molar-refractivity contribution in [1.29, 1.82) is 0 Å². The van der Waals surface area contributed by atoms with Crippen molar-refractivity contribution < 1.29 is 14.6 Å². The number of rotatable bonds is 4. The van der Waals surface area contributed by atoms with E-state index in [0.29, 0.717) is 11.3 Å². The Morgan fingerprint density at radius 3 is 2.71 bits per heavy atom. The van der Waals surface area contributed by atoms with E-state index in [-0.39, 0.29) is 12.3 Å². The Morgan fingerprint density at radius 2 is 1.86 bits per heavy atom. The molecule has 1 N–H and O–H groups in total. The lowest BCUT2D eigenvalue weighted by atomic mass is 10.2. The van der Waals surface area contributed by atoms with Gasteiger partial charge in [0, 0.05) is 23.3 Å². The zero-order valence-electron chi connectivity index (χ0n) is 11.1. The first kappa shape index (κ1) is 13.1. The minimum atomic E-state index is -1.06. The Hall–Kier alpha value is -2.95. The SMILES string of the molecule is O=C(O)c1ncccc1COc1cccc2ncccc12. The highest BCUT2D eigenvalue weighted by Crippen LogP contribution is 2.24. The maximum absolute atomic E-state index is 11.1. The van der Waals surface area contributed by atoms with Crippen molar-refractivity contribution in [2.24, 2.45) is 0 Å². The summed E-state index contributed by atoms with van der Waals surface area (Å²) in [6.45, 7) is 0.142. The van der Waals surface area contributed by atoms with Crippen LogP contribution in [0.5, 0.6) is 5.75 Å². The molecule has 3 aromatic rings. The smallest absolute Gasteiger partial charge is 0.354 e. The molecule has 0 bridgehead atoms. The number of nitrogens with zero attached hydrogens (tertiary/aromatic N) is 2. The zero-order valence-corrected chi connectivity index (χ0v) is 11.1. The van der Waals surface area contributed by atoms with E-state index in [1.807, 2.05) is 30.3 Å². The molecule has 0 spiro atoms. The van der Waals surface area contributed by atoms with Crippen molar-refractivity contribution in [3.8, 4) is 5.75 Å². The second-order valence-electron chi connectivity index (χ2n) is 4.43. The van der Waals surface area contributed by atoms with Crippen LogP contribution >= 0.6 is 0 Å². The summed E-state index contributed by atoms with van der Waals surface area (Å²) in [5.41, 5.74) is 1.38. The molecular formula is C16H12N2O3. The quantitative estimate of drug-likeness (QED) is 0.795.